The van der Waals surface area contributed by atoms with E-state index in [0.29, 0.717) is 6.10 Å². The molecule has 0 aliphatic heterocycles. The van der Waals surface area contributed by atoms with Crippen LogP contribution in [0, 0.1) is 0 Å². The van der Waals surface area contributed by atoms with Crippen molar-refractivity contribution in [3.8, 4) is 0 Å². The van der Waals surface area contributed by atoms with Crippen molar-refractivity contribution in [3.05, 3.63) is 24.3 Å². The predicted molar refractivity (Wildman–Crippen MR) is 60.4 cm³/mol. The molecule has 1 nitrogen and oxygen atoms in total. The topological polar surface area (TPSA) is 9.23 Å². The fourth-order valence-electron chi connectivity index (χ4n) is 1.41. The molecule has 0 aromatic heterocycles. The van der Waals surface area contributed by atoms with Crippen molar-refractivity contribution in [2.24, 2.45) is 0 Å². The molecule has 13 heavy (non-hydrogen) atoms. The largest absolute Gasteiger partial charge is 0.411 e. The van der Waals surface area contributed by atoms with Gasteiger partial charge in [-0.1, -0.05) is 24.3 Å². The van der Waals surface area contributed by atoms with E-state index in [-0.39, 0.29) is 0 Å². The van der Waals surface area contributed by atoms with Gasteiger partial charge in [-0.05, 0) is 38.9 Å². The van der Waals surface area contributed by atoms with Crippen LogP contribution in [0.2, 0.25) is 19.6 Å². The summed E-state index contributed by atoms with van der Waals surface area (Å²) in [6.45, 7) is 6.72. The molecule has 0 aromatic rings. The minimum Gasteiger partial charge on any atom is -0.411 e. The molecule has 1 aliphatic rings. The normalized spacial score (nSPS) is 29.0. The second kappa shape index (κ2) is 4.77. The summed E-state index contributed by atoms with van der Waals surface area (Å²) in [7, 11) is -1.37. The Morgan fingerprint density at radius 2 is 1.77 bits per heavy atom. The van der Waals surface area contributed by atoms with Gasteiger partial charge in [0.25, 0.3) is 0 Å². The third kappa shape index (κ3) is 5.06. The molecule has 0 amide bonds. The number of hydrogen-bond acceptors (Lipinski definition) is 1. The smallest absolute Gasteiger partial charge is 0.184 e. The molecule has 2 heteroatoms. The standard InChI is InChI=1S/C11H20OSi/c1-13(2,3)12-11-9-7-5-4-6-8-10-11/h5,7-8,10-11H,4,6,9H2,1-3H3/b7-5-,10-8-/t11-/m0/s1. The summed E-state index contributed by atoms with van der Waals surface area (Å²) in [6, 6.07) is 0. The minimum absolute atomic E-state index is 0.322. The second-order valence-corrected chi connectivity index (χ2v) is 8.94. The monoisotopic (exact) mass is 196 g/mol. The van der Waals surface area contributed by atoms with Gasteiger partial charge in [-0.3, -0.25) is 0 Å². The molecule has 0 N–H and O–H groups in total. The third-order valence-electron chi connectivity index (χ3n) is 1.89. The molecule has 0 fully saturated rings. The highest BCUT2D eigenvalue weighted by Crippen LogP contribution is 2.14. The Kier molecular flexibility index (Phi) is 3.94. The molecular formula is C11H20OSi. The van der Waals surface area contributed by atoms with Crippen LogP contribution < -0.4 is 0 Å². The fourth-order valence-corrected chi connectivity index (χ4v) is 2.49. The van der Waals surface area contributed by atoms with Crippen LogP contribution >= 0.6 is 0 Å². The van der Waals surface area contributed by atoms with Gasteiger partial charge in [0.2, 0.25) is 0 Å². The highest BCUT2D eigenvalue weighted by Gasteiger charge is 2.18. The van der Waals surface area contributed by atoms with Gasteiger partial charge in [0, 0.05) is 0 Å². The van der Waals surface area contributed by atoms with E-state index >= 15 is 0 Å². The van der Waals surface area contributed by atoms with Crippen molar-refractivity contribution in [1.29, 1.82) is 0 Å². The molecule has 0 radical (unpaired) electrons. The summed E-state index contributed by atoms with van der Waals surface area (Å²) in [5, 5.41) is 0. The van der Waals surface area contributed by atoms with E-state index in [1.807, 2.05) is 0 Å². The highest BCUT2D eigenvalue weighted by atomic mass is 28.4. The fraction of sp³-hybridized carbons (Fsp3) is 0.636. The Bertz CT molecular complexity index is 201. The molecule has 1 atom stereocenters. The maximum atomic E-state index is 6.02. The average Bonchev–Trinajstić information content (AvgIpc) is 1.92. The summed E-state index contributed by atoms with van der Waals surface area (Å²) >= 11 is 0. The number of allylic oxidation sites excluding steroid dienone is 2. The lowest BCUT2D eigenvalue weighted by Crippen LogP contribution is -2.30. The van der Waals surface area contributed by atoms with Crippen molar-refractivity contribution in [3.63, 3.8) is 0 Å². The molecule has 0 bridgehead atoms. The van der Waals surface area contributed by atoms with Gasteiger partial charge in [0.15, 0.2) is 8.32 Å². The van der Waals surface area contributed by atoms with Crippen LogP contribution in [-0.4, -0.2) is 14.4 Å². The molecule has 74 valence electrons. The first-order valence-electron chi connectivity index (χ1n) is 5.07. The van der Waals surface area contributed by atoms with Crippen molar-refractivity contribution >= 4 is 8.32 Å². The maximum Gasteiger partial charge on any atom is 0.184 e. The van der Waals surface area contributed by atoms with Gasteiger partial charge in [-0.25, -0.2) is 0 Å². The van der Waals surface area contributed by atoms with Crippen LogP contribution in [0.25, 0.3) is 0 Å². The molecule has 0 aromatic carbocycles. The first kappa shape index (κ1) is 10.7. The summed E-state index contributed by atoms with van der Waals surface area (Å²) in [5.74, 6) is 0. The first-order valence-corrected chi connectivity index (χ1v) is 8.48. The van der Waals surface area contributed by atoms with Crippen molar-refractivity contribution in [2.45, 2.75) is 45.0 Å². The van der Waals surface area contributed by atoms with E-state index in [1.54, 1.807) is 0 Å². The molecule has 0 saturated carbocycles. The summed E-state index contributed by atoms with van der Waals surface area (Å²) < 4.78 is 6.02. The van der Waals surface area contributed by atoms with Gasteiger partial charge < -0.3 is 4.43 Å². The van der Waals surface area contributed by atoms with Crippen LogP contribution in [0.1, 0.15) is 19.3 Å². The SMILES string of the molecule is C[Si](C)(C)O[C@@H]1/C=C\CC/C=C\C1. The van der Waals surface area contributed by atoms with Crippen LogP contribution in [0.3, 0.4) is 0 Å². The van der Waals surface area contributed by atoms with Crippen molar-refractivity contribution in [1.82, 2.24) is 0 Å². The van der Waals surface area contributed by atoms with Gasteiger partial charge in [-0.15, -0.1) is 0 Å². The van der Waals surface area contributed by atoms with Crippen LogP contribution in [0.15, 0.2) is 24.3 Å². The molecule has 0 unspecified atom stereocenters. The van der Waals surface area contributed by atoms with E-state index in [0.717, 1.165) is 12.8 Å². The van der Waals surface area contributed by atoms with Crippen LogP contribution in [0.4, 0.5) is 0 Å². The van der Waals surface area contributed by atoms with Crippen molar-refractivity contribution in [2.75, 3.05) is 0 Å². The van der Waals surface area contributed by atoms with E-state index in [4.69, 9.17) is 4.43 Å². The van der Waals surface area contributed by atoms with Gasteiger partial charge in [0.1, 0.15) is 0 Å². The summed E-state index contributed by atoms with van der Waals surface area (Å²) in [6.07, 6.45) is 12.7. The van der Waals surface area contributed by atoms with Crippen LogP contribution in [0.5, 0.6) is 0 Å². The maximum absolute atomic E-state index is 6.02. The quantitative estimate of drug-likeness (QED) is 0.485. The van der Waals surface area contributed by atoms with Gasteiger partial charge >= 0.3 is 0 Å². The lowest BCUT2D eigenvalue weighted by atomic mass is 10.1. The Hall–Kier alpha value is -0.343. The third-order valence-corrected chi connectivity index (χ3v) is 2.90. The average molecular weight is 196 g/mol. The number of rotatable bonds is 2. The molecule has 0 spiro atoms. The zero-order valence-electron chi connectivity index (χ0n) is 8.92. The van der Waals surface area contributed by atoms with E-state index in [2.05, 4.69) is 43.9 Å². The Morgan fingerprint density at radius 3 is 2.46 bits per heavy atom. The zero-order chi connectivity index (χ0) is 9.73. The molecular weight excluding hydrogens is 176 g/mol. The Labute approximate surface area is 82.6 Å². The first-order chi connectivity index (χ1) is 6.08. The summed E-state index contributed by atoms with van der Waals surface area (Å²) in [5.41, 5.74) is 0. The van der Waals surface area contributed by atoms with Gasteiger partial charge in [-0.2, -0.15) is 0 Å². The molecule has 1 rings (SSSR count). The van der Waals surface area contributed by atoms with E-state index in [9.17, 15) is 0 Å². The zero-order valence-corrected chi connectivity index (χ0v) is 9.92. The van der Waals surface area contributed by atoms with Crippen molar-refractivity contribution < 1.29 is 4.43 Å². The lowest BCUT2D eigenvalue weighted by Gasteiger charge is -2.23. The lowest BCUT2D eigenvalue weighted by molar-refractivity contribution is 0.245. The molecule has 1 aliphatic carbocycles. The van der Waals surface area contributed by atoms with Crippen LogP contribution in [-0.2, 0) is 4.43 Å². The van der Waals surface area contributed by atoms with E-state index in [1.165, 1.54) is 6.42 Å². The second-order valence-electron chi connectivity index (χ2n) is 4.48. The summed E-state index contributed by atoms with van der Waals surface area (Å²) in [4.78, 5) is 0. The molecule has 0 saturated heterocycles. The Balaban J connectivity index is 2.47. The highest BCUT2D eigenvalue weighted by molar-refractivity contribution is 6.69. The van der Waals surface area contributed by atoms with E-state index < -0.39 is 8.32 Å². The predicted octanol–water partition coefficient (Wildman–Crippen LogP) is 3.50. The Morgan fingerprint density at radius 1 is 1.08 bits per heavy atom. The molecule has 0 heterocycles. The van der Waals surface area contributed by atoms with Gasteiger partial charge in [0.05, 0.1) is 6.10 Å². The number of hydrogen-bond donors (Lipinski definition) is 0. The minimum atomic E-state index is -1.37.